The third-order valence-electron chi connectivity index (χ3n) is 2.87. The number of nitrogens with zero attached hydrogens (tertiary/aromatic N) is 1. The van der Waals surface area contributed by atoms with E-state index in [4.69, 9.17) is 0 Å². The molecule has 0 aromatic rings. The lowest BCUT2D eigenvalue weighted by molar-refractivity contribution is -0.828. The average Bonchev–Trinajstić information content (AvgIpc) is 1.98. The number of aliphatic hydroxyl groups is 2. The van der Waals surface area contributed by atoms with E-state index in [-0.39, 0.29) is 0 Å². The molecule has 2 N–H and O–H groups in total. The number of rotatable bonds is 2. The van der Waals surface area contributed by atoms with E-state index in [1.54, 1.807) is 0 Å². The Labute approximate surface area is 75.0 Å². The molecule has 0 amide bonds. The van der Waals surface area contributed by atoms with Crippen molar-refractivity contribution in [3.05, 3.63) is 0 Å². The van der Waals surface area contributed by atoms with E-state index in [1.165, 1.54) is 6.42 Å². The Morgan fingerprint density at radius 3 is 2.25 bits per heavy atom. The van der Waals surface area contributed by atoms with E-state index in [9.17, 15) is 10.2 Å². The van der Waals surface area contributed by atoms with Crippen molar-refractivity contribution in [2.24, 2.45) is 0 Å². The van der Waals surface area contributed by atoms with Gasteiger partial charge in [-0.25, -0.2) is 0 Å². The van der Waals surface area contributed by atoms with Crippen LogP contribution in [0.2, 0.25) is 0 Å². The summed E-state index contributed by atoms with van der Waals surface area (Å²) in [5, 5.41) is 18.6. The first-order valence-corrected chi connectivity index (χ1v) is 4.76. The molecule has 0 spiro atoms. The van der Waals surface area contributed by atoms with Gasteiger partial charge < -0.3 is 14.6 Å². The summed E-state index contributed by atoms with van der Waals surface area (Å²) in [6.45, 7) is 5.10. The molecule has 0 atom stereocenters. The topological polar surface area (TPSA) is 40.5 Å². The molecule has 1 rings (SSSR count). The number of piperidine rings is 1. The lowest BCUT2D eigenvalue weighted by Gasteiger charge is -2.43. The van der Waals surface area contributed by atoms with Crippen molar-refractivity contribution in [2.45, 2.75) is 32.0 Å². The lowest BCUT2D eigenvalue weighted by Crippen LogP contribution is -2.56. The Hall–Kier alpha value is -0.0551. The fourth-order valence-electron chi connectivity index (χ4n) is 1.90. The van der Waals surface area contributed by atoms with Gasteiger partial charge in [0.25, 0.3) is 0 Å². The van der Waals surface area contributed by atoms with Crippen LogP contribution >= 0.6 is 0 Å². The predicted molar refractivity (Wildman–Crippen MR) is 50.1 cm³/mol. The van der Waals surface area contributed by atoms with Crippen LogP contribution in [0.4, 0.5) is 0 Å². The summed E-state index contributed by atoms with van der Waals surface area (Å²) in [6.07, 6.45) is 2.20. The van der Waals surface area contributed by atoms with Crippen molar-refractivity contribution in [2.75, 3.05) is 19.6 Å². The van der Waals surface area contributed by atoms with Crippen molar-refractivity contribution < 1.29 is 14.6 Å². The van der Waals surface area contributed by atoms with Crippen molar-refractivity contribution in [3.8, 4) is 0 Å². The average molecular weight is 172 g/mol. The highest BCUT2D eigenvalue weighted by Gasteiger charge is 2.36. The predicted octanol–water partition coefficient (Wildman–Crippen LogP) is -0.764. The van der Waals surface area contributed by atoms with Crippen LogP contribution in [0, 0.1) is 0 Å². The number of likely N-dealkylation sites (tertiary alicyclic amines) is 1. The second-order valence-electron chi connectivity index (χ2n) is 4.27. The zero-order valence-corrected chi connectivity index (χ0v) is 8.08. The summed E-state index contributed by atoms with van der Waals surface area (Å²) >= 11 is 0. The summed E-state index contributed by atoms with van der Waals surface area (Å²) in [4.78, 5) is 0. The lowest BCUT2D eigenvalue weighted by atomic mass is 9.96. The minimum absolute atomic E-state index is 0.517. The molecule has 1 saturated heterocycles. The van der Waals surface area contributed by atoms with Gasteiger partial charge in [0.15, 0.2) is 5.79 Å². The van der Waals surface area contributed by atoms with Crippen molar-refractivity contribution in [1.82, 2.24) is 0 Å². The van der Waals surface area contributed by atoms with Crippen LogP contribution in [-0.2, 0) is 0 Å². The molecule has 0 aromatic heterocycles. The van der Waals surface area contributed by atoms with Crippen molar-refractivity contribution in [1.29, 1.82) is 0 Å². The summed E-state index contributed by atoms with van der Waals surface area (Å²) in [5.74, 6) is -1.38. The Morgan fingerprint density at radius 1 is 1.33 bits per heavy atom. The Kier molecular flexibility index (Phi) is 2.81. The molecular weight excluding hydrogens is 153 g/mol. The molecule has 0 aromatic carbocycles. The molecule has 0 radical (unpaired) electrons. The van der Waals surface area contributed by atoms with Crippen LogP contribution in [0.5, 0.6) is 0 Å². The molecule has 1 aliphatic rings. The minimum atomic E-state index is -1.38. The van der Waals surface area contributed by atoms with E-state index in [1.807, 2.05) is 0 Å². The van der Waals surface area contributed by atoms with Gasteiger partial charge in [-0.2, -0.15) is 0 Å². The molecule has 1 fully saturated rings. The van der Waals surface area contributed by atoms with E-state index in [0.29, 0.717) is 12.8 Å². The molecule has 3 nitrogen and oxygen atoms in total. The summed E-state index contributed by atoms with van der Waals surface area (Å²) < 4.78 is 0.999. The fraction of sp³-hybridized carbons (Fsp3) is 1.00. The second-order valence-corrected chi connectivity index (χ2v) is 4.27. The summed E-state index contributed by atoms with van der Waals surface area (Å²) in [5.41, 5.74) is 0. The Balaban J connectivity index is 2.44. The van der Waals surface area contributed by atoms with Gasteiger partial charge >= 0.3 is 7.98 Å². The number of hydrogen-bond donors (Lipinski definition) is 2. The first-order valence-electron chi connectivity index (χ1n) is 4.76. The molecule has 0 saturated carbocycles. The fourth-order valence-corrected chi connectivity index (χ4v) is 1.90. The summed E-state index contributed by atoms with van der Waals surface area (Å²) in [6, 6.07) is 0. The van der Waals surface area contributed by atoms with Gasteiger partial charge in [-0.1, -0.05) is 6.92 Å². The normalized spacial score (nSPS) is 26.9. The van der Waals surface area contributed by atoms with Gasteiger partial charge in [-0.15, -0.1) is 0 Å². The maximum absolute atomic E-state index is 9.32. The van der Waals surface area contributed by atoms with Crippen LogP contribution in [0.3, 0.4) is 0 Å². The maximum atomic E-state index is 9.32. The molecule has 70 valence electrons. The standard InChI is InChI=1S/C8H19BNO2/c1-2-5-10(9)6-3-8(11,12)4-7-10/h11-12H,2-7,9H2,1H3/q+1. The highest BCUT2D eigenvalue weighted by molar-refractivity contribution is 5.97. The van der Waals surface area contributed by atoms with Crippen molar-refractivity contribution >= 4 is 7.98 Å². The monoisotopic (exact) mass is 172 g/mol. The minimum Gasteiger partial charge on any atom is -0.399 e. The highest BCUT2D eigenvalue weighted by atomic mass is 16.5. The van der Waals surface area contributed by atoms with E-state index >= 15 is 0 Å². The molecule has 12 heavy (non-hydrogen) atoms. The van der Waals surface area contributed by atoms with Gasteiger partial charge in [0.1, 0.15) is 0 Å². The molecule has 4 heteroatoms. The van der Waals surface area contributed by atoms with Gasteiger partial charge in [0.2, 0.25) is 0 Å². The molecular formula is C8H19BNO2+. The second kappa shape index (κ2) is 3.36. The van der Waals surface area contributed by atoms with E-state index < -0.39 is 5.79 Å². The zero-order chi connectivity index (χ0) is 9.24. The van der Waals surface area contributed by atoms with Gasteiger partial charge in [-0.3, -0.25) is 0 Å². The van der Waals surface area contributed by atoms with Crippen LogP contribution < -0.4 is 0 Å². The quantitative estimate of drug-likeness (QED) is 0.424. The van der Waals surface area contributed by atoms with Crippen LogP contribution in [-0.4, -0.2) is 48.0 Å². The Bertz CT molecular complexity index is 151. The molecule has 0 aliphatic carbocycles. The smallest absolute Gasteiger partial charge is 0.372 e. The highest BCUT2D eigenvalue weighted by Crippen LogP contribution is 2.23. The van der Waals surface area contributed by atoms with Crippen LogP contribution in [0.15, 0.2) is 0 Å². The third-order valence-corrected chi connectivity index (χ3v) is 2.87. The zero-order valence-electron chi connectivity index (χ0n) is 8.08. The number of hydrogen-bond acceptors (Lipinski definition) is 2. The van der Waals surface area contributed by atoms with Crippen LogP contribution in [0.25, 0.3) is 0 Å². The maximum Gasteiger partial charge on any atom is 0.372 e. The first-order chi connectivity index (χ1) is 5.47. The van der Waals surface area contributed by atoms with E-state index in [2.05, 4.69) is 14.9 Å². The largest absolute Gasteiger partial charge is 0.399 e. The van der Waals surface area contributed by atoms with Crippen molar-refractivity contribution in [3.63, 3.8) is 0 Å². The third kappa shape index (κ3) is 2.47. The molecule has 0 bridgehead atoms. The van der Waals surface area contributed by atoms with Gasteiger partial charge in [0.05, 0.1) is 19.6 Å². The summed E-state index contributed by atoms with van der Waals surface area (Å²) in [7, 11) is 2.19. The molecule has 1 aliphatic heterocycles. The Morgan fingerprint density at radius 2 is 1.83 bits per heavy atom. The van der Waals surface area contributed by atoms with Gasteiger partial charge in [0, 0.05) is 12.8 Å². The SMILES string of the molecule is B[N+]1(CCC)CCC(O)(O)CC1. The molecule has 1 heterocycles. The van der Waals surface area contributed by atoms with Gasteiger partial charge in [-0.05, 0) is 6.42 Å². The molecule has 0 unspecified atom stereocenters. The van der Waals surface area contributed by atoms with Crippen LogP contribution in [0.1, 0.15) is 26.2 Å². The first kappa shape index (κ1) is 10.0. The van der Waals surface area contributed by atoms with E-state index in [0.717, 1.165) is 24.0 Å². The number of quaternary nitrogens is 1.